The molecule has 2 aromatic rings. The number of carbonyl (C=O) groups excluding carboxylic acids is 1. The third-order valence-electron chi connectivity index (χ3n) is 4.63. The van der Waals surface area contributed by atoms with Gasteiger partial charge in [0.2, 0.25) is 5.91 Å². The minimum atomic E-state index is -2.70. The molecule has 2 rings (SSSR count). The molecular weight excluding hydrogens is 408 g/mol. The van der Waals surface area contributed by atoms with E-state index in [-0.39, 0.29) is 16.1 Å². The first-order valence-electron chi connectivity index (χ1n) is 8.40. The van der Waals surface area contributed by atoms with Crippen molar-refractivity contribution in [2.75, 3.05) is 7.05 Å². The van der Waals surface area contributed by atoms with Crippen LogP contribution in [0.4, 0.5) is 8.78 Å². The van der Waals surface area contributed by atoms with E-state index in [1.165, 1.54) is 4.68 Å². The number of rotatable bonds is 6. The van der Waals surface area contributed by atoms with Crippen molar-refractivity contribution in [1.82, 2.24) is 24.5 Å². The average molecular weight is 432 g/mol. The van der Waals surface area contributed by atoms with Crippen molar-refractivity contribution in [3.8, 4) is 0 Å². The fourth-order valence-corrected chi connectivity index (χ4v) is 3.48. The summed E-state index contributed by atoms with van der Waals surface area (Å²) in [4.78, 5) is 14.4. The molecule has 0 aliphatic carbocycles. The second-order valence-corrected chi connectivity index (χ2v) is 7.16. The Morgan fingerprint density at radius 2 is 1.85 bits per heavy atom. The van der Waals surface area contributed by atoms with E-state index in [9.17, 15) is 13.6 Å². The average Bonchev–Trinajstić information content (AvgIpc) is 3.04. The summed E-state index contributed by atoms with van der Waals surface area (Å²) < 4.78 is 29.6. The molecule has 0 saturated heterocycles. The SMILES string of the molecule is CCn1nc(C)c(CN(C)C(=O)C(C)n2nc(C(F)F)c(Br)c2C)c1C. The molecule has 1 unspecified atom stereocenters. The lowest BCUT2D eigenvalue weighted by molar-refractivity contribution is -0.133. The number of amides is 1. The number of aromatic nitrogens is 4. The summed E-state index contributed by atoms with van der Waals surface area (Å²) >= 11 is 3.14. The molecule has 0 bridgehead atoms. The summed E-state index contributed by atoms with van der Waals surface area (Å²) in [6.07, 6.45) is -2.70. The number of hydrogen-bond acceptors (Lipinski definition) is 3. The van der Waals surface area contributed by atoms with E-state index in [0.717, 1.165) is 23.5 Å². The second kappa shape index (κ2) is 7.85. The number of aryl methyl sites for hydroxylation is 2. The van der Waals surface area contributed by atoms with Crippen molar-refractivity contribution in [2.24, 2.45) is 0 Å². The molecule has 1 atom stereocenters. The van der Waals surface area contributed by atoms with Gasteiger partial charge in [-0.15, -0.1) is 0 Å². The zero-order valence-corrected chi connectivity index (χ0v) is 17.4. The molecule has 6 nitrogen and oxygen atoms in total. The second-order valence-electron chi connectivity index (χ2n) is 6.37. The quantitative estimate of drug-likeness (QED) is 0.695. The van der Waals surface area contributed by atoms with Gasteiger partial charge in [-0.2, -0.15) is 10.2 Å². The summed E-state index contributed by atoms with van der Waals surface area (Å²) in [5, 5.41) is 8.39. The van der Waals surface area contributed by atoms with Gasteiger partial charge < -0.3 is 4.90 Å². The van der Waals surface area contributed by atoms with Gasteiger partial charge in [0.15, 0.2) is 0 Å². The lowest BCUT2D eigenvalue weighted by Crippen LogP contribution is -2.34. The van der Waals surface area contributed by atoms with Crippen LogP contribution in [0.2, 0.25) is 0 Å². The maximum Gasteiger partial charge on any atom is 0.283 e. The van der Waals surface area contributed by atoms with Gasteiger partial charge in [-0.3, -0.25) is 14.2 Å². The number of carbonyl (C=O) groups is 1. The van der Waals surface area contributed by atoms with Crippen LogP contribution in [0.15, 0.2) is 4.47 Å². The van der Waals surface area contributed by atoms with E-state index in [4.69, 9.17) is 0 Å². The van der Waals surface area contributed by atoms with E-state index in [2.05, 4.69) is 26.1 Å². The van der Waals surface area contributed by atoms with Gasteiger partial charge in [-0.05, 0) is 50.5 Å². The summed E-state index contributed by atoms with van der Waals surface area (Å²) in [6.45, 7) is 10.4. The highest BCUT2D eigenvalue weighted by molar-refractivity contribution is 9.10. The van der Waals surface area contributed by atoms with Gasteiger partial charge in [0, 0.05) is 31.4 Å². The van der Waals surface area contributed by atoms with Gasteiger partial charge in [-0.1, -0.05) is 0 Å². The first-order chi connectivity index (χ1) is 12.1. The molecule has 2 aromatic heterocycles. The van der Waals surface area contributed by atoms with E-state index < -0.39 is 12.5 Å². The van der Waals surface area contributed by atoms with Gasteiger partial charge in [0.05, 0.1) is 15.9 Å². The highest BCUT2D eigenvalue weighted by Crippen LogP contribution is 2.31. The molecule has 26 heavy (non-hydrogen) atoms. The molecule has 0 saturated carbocycles. The Balaban J connectivity index is 2.23. The molecule has 0 radical (unpaired) electrons. The smallest absolute Gasteiger partial charge is 0.283 e. The highest BCUT2D eigenvalue weighted by Gasteiger charge is 2.27. The summed E-state index contributed by atoms with van der Waals surface area (Å²) in [6, 6.07) is -0.689. The minimum absolute atomic E-state index is 0.202. The molecule has 1 amide bonds. The zero-order chi connectivity index (χ0) is 19.8. The van der Waals surface area contributed by atoms with Crippen LogP contribution >= 0.6 is 15.9 Å². The van der Waals surface area contributed by atoms with E-state index in [0.29, 0.717) is 12.2 Å². The van der Waals surface area contributed by atoms with Crippen molar-refractivity contribution in [1.29, 1.82) is 0 Å². The number of nitrogens with zero attached hydrogens (tertiary/aromatic N) is 5. The molecule has 0 aromatic carbocycles. The Morgan fingerprint density at radius 1 is 1.23 bits per heavy atom. The molecule has 0 N–H and O–H groups in total. The number of halogens is 3. The highest BCUT2D eigenvalue weighted by atomic mass is 79.9. The van der Waals surface area contributed by atoms with Crippen LogP contribution in [0.3, 0.4) is 0 Å². The molecule has 144 valence electrons. The third-order valence-corrected chi connectivity index (χ3v) is 5.62. The van der Waals surface area contributed by atoms with E-state index >= 15 is 0 Å². The van der Waals surface area contributed by atoms with Crippen LogP contribution in [-0.4, -0.2) is 37.4 Å². The molecule has 0 aliphatic heterocycles. The topological polar surface area (TPSA) is 56.0 Å². The molecule has 0 spiro atoms. The predicted octanol–water partition coefficient (Wildman–Crippen LogP) is 3.94. The van der Waals surface area contributed by atoms with Crippen LogP contribution in [0.5, 0.6) is 0 Å². The lowest BCUT2D eigenvalue weighted by Gasteiger charge is -2.22. The van der Waals surface area contributed by atoms with Crippen molar-refractivity contribution >= 4 is 21.8 Å². The third kappa shape index (κ3) is 3.67. The molecule has 9 heteroatoms. The molecule has 0 aliphatic rings. The van der Waals surface area contributed by atoms with Crippen molar-refractivity contribution in [3.63, 3.8) is 0 Å². The van der Waals surface area contributed by atoms with Crippen LogP contribution in [0.1, 0.15) is 54.7 Å². The minimum Gasteiger partial charge on any atom is -0.339 e. The monoisotopic (exact) mass is 431 g/mol. The maximum atomic E-state index is 13.0. The van der Waals surface area contributed by atoms with Crippen LogP contribution in [0.25, 0.3) is 0 Å². The maximum absolute atomic E-state index is 13.0. The molecule has 2 heterocycles. The summed E-state index contributed by atoms with van der Waals surface area (Å²) in [5.41, 5.74) is 3.06. The first-order valence-corrected chi connectivity index (χ1v) is 9.19. The fourth-order valence-electron chi connectivity index (χ4n) is 3.05. The van der Waals surface area contributed by atoms with Crippen molar-refractivity contribution in [2.45, 2.75) is 60.2 Å². The molecule has 0 fully saturated rings. The van der Waals surface area contributed by atoms with Gasteiger partial charge in [0.25, 0.3) is 6.43 Å². The van der Waals surface area contributed by atoms with Gasteiger partial charge in [0.1, 0.15) is 11.7 Å². The largest absolute Gasteiger partial charge is 0.339 e. The Kier molecular flexibility index (Phi) is 6.21. The van der Waals surface area contributed by atoms with Gasteiger partial charge >= 0.3 is 0 Å². The normalized spacial score (nSPS) is 12.7. The van der Waals surface area contributed by atoms with Crippen LogP contribution in [0, 0.1) is 20.8 Å². The number of likely N-dealkylation sites (N-methyl/N-ethyl adjacent to an activating group) is 1. The Labute approximate surface area is 160 Å². The van der Waals surface area contributed by atoms with Crippen molar-refractivity contribution in [3.05, 3.63) is 32.8 Å². The zero-order valence-electron chi connectivity index (χ0n) is 15.8. The van der Waals surface area contributed by atoms with Crippen LogP contribution < -0.4 is 0 Å². The fraction of sp³-hybridized carbons (Fsp3) is 0.588. The Morgan fingerprint density at radius 3 is 2.31 bits per heavy atom. The Bertz CT molecular complexity index is 815. The lowest BCUT2D eigenvalue weighted by atomic mass is 10.1. The van der Waals surface area contributed by atoms with Gasteiger partial charge in [-0.25, -0.2) is 8.78 Å². The standard InChI is InChI=1S/C17H24BrF2N5O/c1-7-24-10(3)13(9(2)21-24)8-23(6)17(26)12(5)25-11(4)14(18)15(22-25)16(19)20/h12,16H,7-8H2,1-6H3. The first kappa shape index (κ1) is 20.5. The van der Waals surface area contributed by atoms with Crippen molar-refractivity contribution < 1.29 is 13.6 Å². The van der Waals surface area contributed by atoms with E-state index in [1.807, 2.05) is 25.5 Å². The summed E-state index contributed by atoms with van der Waals surface area (Å²) in [7, 11) is 1.70. The number of alkyl halides is 2. The summed E-state index contributed by atoms with van der Waals surface area (Å²) in [5.74, 6) is -0.202. The van der Waals surface area contributed by atoms with Crippen LogP contribution in [-0.2, 0) is 17.9 Å². The predicted molar refractivity (Wildman–Crippen MR) is 98.2 cm³/mol. The van der Waals surface area contributed by atoms with E-state index in [1.54, 1.807) is 25.8 Å². The molecular formula is C17H24BrF2N5O. The number of hydrogen-bond donors (Lipinski definition) is 0. The Hall–Kier alpha value is -1.77.